The molecule has 0 fully saturated rings. The second kappa shape index (κ2) is 6.14. The Balaban J connectivity index is 1.78. The molecule has 0 spiro atoms. The minimum atomic E-state index is -0.705. The molecule has 1 aliphatic heterocycles. The lowest BCUT2D eigenvalue weighted by Gasteiger charge is -2.14. The fraction of sp³-hybridized carbons (Fsp3) is 0.294. The number of aliphatic hydroxyl groups is 1. The van der Waals surface area contributed by atoms with Gasteiger partial charge in [-0.05, 0) is 35.4 Å². The molecule has 110 valence electrons. The van der Waals surface area contributed by atoms with Crippen molar-refractivity contribution in [2.24, 2.45) is 0 Å². The number of ether oxygens (including phenoxy) is 2. The van der Waals surface area contributed by atoms with Crippen LogP contribution in [0.4, 0.5) is 4.39 Å². The van der Waals surface area contributed by atoms with Crippen molar-refractivity contribution in [3.8, 4) is 11.5 Å². The Kier molecular flexibility index (Phi) is 4.06. The molecule has 0 aliphatic carbocycles. The molecule has 0 saturated heterocycles. The topological polar surface area (TPSA) is 38.7 Å². The number of hydrogen-bond acceptors (Lipinski definition) is 3. The Hall–Kier alpha value is -2.07. The lowest BCUT2D eigenvalue weighted by Crippen LogP contribution is -2.03. The van der Waals surface area contributed by atoms with Gasteiger partial charge in [0, 0.05) is 12.8 Å². The monoisotopic (exact) mass is 288 g/mol. The molecule has 3 nitrogen and oxygen atoms in total. The Morgan fingerprint density at radius 2 is 1.86 bits per heavy atom. The fourth-order valence-electron chi connectivity index (χ4n) is 2.39. The van der Waals surface area contributed by atoms with Gasteiger partial charge in [0.25, 0.3) is 0 Å². The van der Waals surface area contributed by atoms with Crippen LogP contribution in [0.25, 0.3) is 0 Å². The van der Waals surface area contributed by atoms with E-state index in [1.165, 1.54) is 12.1 Å². The van der Waals surface area contributed by atoms with E-state index in [4.69, 9.17) is 9.47 Å². The molecule has 1 unspecified atom stereocenters. The van der Waals surface area contributed by atoms with E-state index in [9.17, 15) is 9.50 Å². The summed E-state index contributed by atoms with van der Waals surface area (Å²) < 4.78 is 24.3. The predicted octanol–water partition coefficient (Wildman–Crippen LogP) is 3.26. The van der Waals surface area contributed by atoms with Crippen molar-refractivity contribution in [1.82, 2.24) is 0 Å². The molecule has 0 radical (unpaired) electrons. The Morgan fingerprint density at radius 3 is 2.67 bits per heavy atom. The van der Waals surface area contributed by atoms with Gasteiger partial charge in [-0.2, -0.15) is 0 Å². The second-order valence-corrected chi connectivity index (χ2v) is 5.11. The number of hydrogen-bond donors (Lipinski definition) is 1. The lowest BCUT2D eigenvalue weighted by atomic mass is 10.0. The SMILES string of the molecule is OC(Cc1cccc(F)c1)c1ccc2c(c1)OCCCO2. The molecule has 3 rings (SSSR count). The maximum atomic E-state index is 13.2. The van der Waals surface area contributed by atoms with E-state index in [1.807, 2.05) is 12.1 Å². The van der Waals surface area contributed by atoms with Gasteiger partial charge in [0.05, 0.1) is 19.3 Å². The lowest BCUT2D eigenvalue weighted by molar-refractivity contribution is 0.177. The Morgan fingerprint density at radius 1 is 1.05 bits per heavy atom. The highest BCUT2D eigenvalue weighted by Crippen LogP contribution is 2.33. The van der Waals surface area contributed by atoms with E-state index in [-0.39, 0.29) is 5.82 Å². The van der Waals surface area contributed by atoms with Crippen LogP contribution in [-0.2, 0) is 6.42 Å². The zero-order valence-electron chi connectivity index (χ0n) is 11.6. The van der Waals surface area contributed by atoms with Crippen LogP contribution < -0.4 is 9.47 Å². The van der Waals surface area contributed by atoms with Gasteiger partial charge in [0.1, 0.15) is 5.82 Å². The molecule has 1 atom stereocenters. The molecule has 1 N–H and O–H groups in total. The largest absolute Gasteiger partial charge is 0.490 e. The van der Waals surface area contributed by atoms with Gasteiger partial charge in [0.15, 0.2) is 11.5 Å². The van der Waals surface area contributed by atoms with Gasteiger partial charge in [-0.1, -0.05) is 18.2 Å². The van der Waals surface area contributed by atoms with Crippen molar-refractivity contribution >= 4 is 0 Å². The smallest absolute Gasteiger partial charge is 0.161 e. The van der Waals surface area contributed by atoms with Crippen molar-refractivity contribution in [3.05, 3.63) is 59.4 Å². The van der Waals surface area contributed by atoms with Crippen LogP contribution >= 0.6 is 0 Å². The van der Waals surface area contributed by atoms with E-state index < -0.39 is 6.10 Å². The molecule has 0 amide bonds. The number of halogens is 1. The van der Waals surface area contributed by atoms with E-state index >= 15 is 0 Å². The summed E-state index contributed by atoms with van der Waals surface area (Å²) in [6.45, 7) is 1.24. The Bertz CT molecular complexity index is 627. The first-order valence-corrected chi connectivity index (χ1v) is 7.04. The summed E-state index contributed by atoms with van der Waals surface area (Å²) in [6, 6.07) is 11.7. The molecule has 1 heterocycles. The van der Waals surface area contributed by atoms with Gasteiger partial charge in [-0.25, -0.2) is 4.39 Å². The zero-order valence-corrected chi connectivity index (χ0v) is 11.6. The normalized spacial score (nSPS) is 15.3. The quantitative estimate of drug-likeness (QED) is 0.942. The van der Waals surface area contributed by atoms with Gasteiger partial charge >= 0.3 is 0 Å². The summed E-state index contributed by atoms with van der Waals surface area (Å²) in [5, 5.41) is 10.3. The van der Waals surface area contributed by atoms with Crippen LogP contribution in [0.5, 0.6) is 11.5 Å². The van der Waals surface area contributed by atoms with Gasteiger partial charge in [-0.15, -0.1) is 0 Å². The first kappa shape index (κ1) is 13.9. The predicted molar refractivity (Wildman–Crippen MR) is 77.1 cm³/mol. The van der Waals surface area contributed by atoms with Crippen molar-refractivity contribution in [3.63, 3.8) is 0 Å². The molecule has 0 aromatic heterocycles. The van der Waals surface area contributed by atoms with Crippen LogP contribution in [0.2, 0.25) is 0 Å². The highest BCUT2D eigenvalue weighted by Gasteiger charge is 2.15. The molecular formula is C17H17FO3. The third-order valence-electron chi connectivity index (χ3n) is 3.47. The first-order valence-electron chi connectivity index (χ1n) is 7.04. The molecule has 1 aliphatic rings. The van der Waals surface area contributed by atoms with Crippen molar-refractivity contribution in [1.29, 1.82) is 0 Å². The Labute approximate surface area is 122 Å². The number of fused-ring (bicyclic) bond motifs is 1. The average molecular weight is 288 g/mol. The average Bonchev–Trinajstić information content (AvgIpc) is 2.71. The van der Waals surface area contributed by atoms with Crippen LogP contribution in [0.1, 0.15) is 23.7 Å². The van der Waals surface area contributed by atoms with Crippen LogP contribution in [0.15, 0.2) is 42.5 Å². The molecular weight excluding hydrogens is 271 g/mol. The third kappa shape index (κ3) is 3.34. The maximum absolute atomic E-state index is 13.2. The number of aliphatic hydroxyl groups excluding tert-OH is 1. The first-order chi connectivity index (χ1) is 10.2. The summed E-state index contributed by atoms with van der Waals surface area (Å²) in [5.41, 5.74) is 1.50. The number of rotatable bonds is 3. The van der Waals surface area contributed by atoms with E-state index in [2.05, 4.69) is 0 Å². The molecule has 2 aromatic carbocycles. The van der Waals surface area contributed by atoms with Gasteiger partial charge in [-0.3, -0.25) is 0 Å². The minimum absolute atomic E-state index is 0.293. The summed E-state index contributed by atoms with van der Waals surface area (Å²) >= 11 is 0. The molecule has 0 saturated carbocycles. The van der Waals surface area contributed by atoms with E-state index in [0.29, 0.717) is 31.1 Å². The molecule has 4 heteroatoms. The minimum Gasteiger partial charge on any atom is -0.490 e. The van der Waals surface area contributed by atoms with E-state index in [1.54, 1.807) is 18.2 Å². The van der Waals surface area contributed by atoms with Gasteiger partial charge < -0.3 is 14.6 Å². The van der Waals surface area contributed by atoms with Crippen molar-refractivity contribution < 1.29 is 19.0 Å². The van der Waals surface area contributed by atoms with Crippen LogP contribution in [-0.4, -0.2) is 18.3 Å². The van der Waals surface area contributed by atoms with Gasteiger partial charge in [0.2, 0.25) is 0 Å². The summed E-state index contributed by atoms with van der Waals surface area (Å²) in [4.78, 5) is 0. The third-order valence-corrected chi connectivity index (χ3v) is 3.47. The molecule has 2 aromatic rings. The maximum Gasteiger partial charge on any atom is 0.161 e. The molecule has 21 heavy (non-hydrogen) atoms. The summed E-state index contributed by atoms with van der Waals surface area (Å²) in [7, 11) is 0. The highest BCUT2D eigenvalue weighted by atomic mass is 19.1. The standard InChI is InChI=1S/C17H17FO3/c18-14-4-1-3-12(9-14)10-15(19)13-5-6-16-17(11-13)21-8-2-7-20-16/h1,3-6,9,11,15,19H,2,7-8,10H2. The number of benzene rings is 2. The van der Waals surface area contributed by atoms with E-state index in [0.717, 1.165) is 17.5 Å². The van der Waals surface area contributed by atoms with Crippen molar-refractivity contribution in [2.75, 3.05) is 13.2 Å². The fourth-order valence-corrected chi connectivity index (χ4v) is 2.39. The zero-order chi connectivity index (χ0) is 14.7. The summed E-state index contributed by atoms with van der Waals surface area (Å²) in [6.07, 6.45) is 0.497. The summed E-state index contributed by atoms with van der Waals surface area (Å²) in [5.74, 6) is 1.07. The highest BCUT2D eigenvalue weighted by molar-refractivity contribution is 5.44. The molecule has 0 bridgehead atoms. The van der Waals surface area contributed by atoms with Crippen LogP contribution in [0.3, 0.4) is 0 Å². The van der Waals surface area contributed by atoms with Crippen LogP contribution in [0, 0.1) is 5.82 Å². The van der Waals surface area contributed by atoms with Crippen molar-refractivity contribution in [2.45, 2.75) is 18.9 Å². The second-order valence-electron chi connectivity index (χ2n) is 5.11.